The molecule has 1 heterocycles. The van der Waals surface area contributed by atoms with E-state index in [1.165, 1.54) is 39.5 Å². The number of aldehydes is 1. The molecule has 5 atom stereocenters. The third kappa shape index (κ3) is 9.15. The van der Waals surface area contributed by atoms with E-state index in [0.29, 0.717) is 12.8 Å². The number of carbonyl (C=O) groups excluding carboxylic acids is 5. The first-order valence-corrected chi connectivity index (χ1v) is 10.8. The Bertz CT molecular complexity index is 621. The van der Waals surface area contributed by atoms with E-state index >= 15 is 0 Å². The summed E-state index contributed by atoms with van der Waals surface area (Å²) in [5, 5.41) is -0.782. The maximum atomic E-state index is 11.8. The molecule has 170 valence electrons. The van der Waals surface area contributed by atoms with E-state index in [2.05, 4.69) is 0 Å². The van der Waals surface area contributed by atoms with Crippen molar-refractivity contribution in [2.75, 3.05) is 6.61 Å². The molecule has 0 aromatic heterocycles. The number of unbranched alkanes of at least 4 members (excludes halogenated alkanes) is 3. The molecule has 0 aliphatic carbocycles. The lowest BCUT2D eigenvalue weighted by Crippen LogP contribution is -2.58. The van der Waals surface area contributed by atoms with E-state index in [9.17, 15) is 24.0 Å². The van der Waals surface area contributed by atoms with Gasteiger partial charge in [0.05, 0.1) is 5.25 Å². The number of ether oxygens (including phenoxy) is 4. The van der Waals surface area contributed by atoms with Crippen LogP contribution in [0.15, 0.2) is 0 Å². The summed E-state index contributed by atoms with van der Waals surface area (Å²) < 4.78 is 21.5. The quantitative estimate of drug-likeness (QED) is 0.201. The van der Waals surface area contributed by atoms with Crippen molar-refractivity contribution in [3.05, 3.63) is 0 Å². The topological polar surface area (TPSA) is 122 Å². The van der Waals surface area contributed by atoms with Crippen LogP contribution in [0.4, 0.5) is 0 Å². The van der Waals surface area contributed by atoms with Gasteiger partial charge in [0.25, 0.3) is 0 Å². The van der Waals surface area contributed by atoms with Crippen LogP contribution in [-0.4, -0.2) is 65.6 Å². The molecule has 9 nitrogen and oxygen atoms in total. The van der Waals surface area contributed by atoms with E-state index in [4.69, 9.17) is 18.9 Å². The summed E-state index contributed by atoms with van der Waals surface area (Å²) in [7, 11) is 0. The average molecular weight is 447 g/mol. The molecular formula is C20H30O9S. The second-order valence-electron chi connectivity index (χ2n) is 7.04. The van der Waals surface area contributed by atoms with Gasteiger partial charge in [0.1, 0.15) is 12.9 Å². The van der Waals surface area contributed by atoms with Crippen molar-refractivity contribution in [3.8, 4) is 0 Å². The molecular weight excluding hydrogens is 416 g/mol. The van der Waals surface area contributed by atoms with Gasteiger partial charge in [0, 0.05) is 39.4 Å². The van der Waals surface area contributed by atoms with Gasteiger partial charge in [-0.1, -0.05) is 12.8 Å². The summed E-state index contributed by atoms with van der Waals surface area (Å²) in [6.45, 7) is 4.90. The van der Waals surface area contributed by atoms with Crippen LogP contribution in [0.3, 0.4) is 0 Å². The molecule has 0 aromatic carbocycles. The van der Waals surface area contributed by atoms with Gasteiger partial charge in [0.15, 0.2) is 18.3 Å². The molecule has 30 heavy (non-hydrogen) atoms. The molecule has 0 unspecified atom stereocenters. The highest BCUT2D eigenvalue weighted by atomic mass is 32.2. The molecule has 1 saturated heterocycles. The minimum absolute atomic E-state index is 0.0514. The Kier molecular flexibility index (Phi) is 11.5. The maximum Gasteiger partial charge on any atom is 0.303 e. The number of thioether (sulfide) groups is 1. The smallest absolute Gasteiger partial charge is 0.303 e. The average Bonchev–Trinajstić information content (AvgIpc) is 2.63. The van der Waals surface area contributed by atoms with Crippen LogP contribution in [-0.2, 0) is 42.9 Å². The molecule has 1 fully saturated rings. The second-order valence-corrected chi connectivity index (χ2v) is 8.53. The van der Waals surface area contributed by atoms with Crippen molar-refractivity contribution in [1.82, 2.24) is 0 Å². The lowest BCUT2D eigenvalue weighted by molar-refractivity contribution is -0.185. The SMILES string of the molecule is CC(=O)OC[C@@H]1S[C@H](CCCCCC=O)[C@H](OC(C)=O)[C@@H](OC(C)=O)[C@H]1OC(C)=O. The fourth-order valence-electron chi connectivity index (χ4n) is 3.30. The minimum Gasteiger partial charge on any atom is -0.465 e. The highest BCUT2D eigenvalue weighted by Gasteiger charge is 2.51. The molecule has 1 aliphatic rings. The van der Waals surface area contributed by atoms with E-state index < -0.39 is 47.4 Å². The van der Waals surface area contributed by atoms with Gasteiger partial charge in [-0.2, -0.15) is 0 Å². The summed E-state index contributed by atoms with van der Waals surface area (Å²) in [5.41, 5.74) is 0. The fraction of sp³-hybridized carbons (Fsp3) is 0.750. The minimum atomic E-state index is -1.03. The normalized spacial score (nSPS) is 25.7. The molecule has 0 amide bonds. The zero-order chi connectivity index (χ0) is 22.7. The summed E-state index contributed by atoms with van der Waals surface area (Å²) in [6, 6.07) is 0. The predicted octanol–water partition coefficient (Wildman–Crippen LogP) is 1.98. The van der Waals surface area contributed by atoms with Crippen LogP contribution in [0.25, 0.3) is 0 Å². The van der Waals surface area contributed by atoms with Crippen molar-refractivity contribution in [3.63, 3.8) is 0 Å². The van der Waals surface area contributed by atoms with Gasteiger partial charge in [0.2, 0.25) is 0 Å². The summed E-state index contributed by atoms with van der Waals surface area (Å²) in [6.07, 6.45) is 1.46. The Morgan fingerprint density at radius 2 is 1.27 bits per heavy atom. The van der Waals surface area contributed by atoms with Crippen LogP contribution < -0.4 is 0 Å². The van der Waals surface area contributed by atoms with Crippen molar-refractivity contribution in [2.45, 2.75) is 88.6 Å². The standard InChI is InChI=1S/C20H30O9S/c1-12(22)26-11-17-19(28-14(3)24)20(29-15(4)25)18(27-13(2)23)16(30-17)9-7-5-6-8-10-21/h10,16-20H,5-9,11H2,1-4H3/t16-,17+,18+,19+,20-/m1/s1. The monoisotopic (exact) mass is 446 g/mol. The van der Waals surface area contributed by atoms with Gasteiger partial charge in [-0.25, -0.2) is 0 Å². The Morgan fingerprint density at radius 1 is 0.733 bits per heavy atom. The maximum absolute atomic E-state index is 11.8. The summed E-state index contributed by atoms with van der Waals surface area (Å²) >= 11 is 1.38. The van der Waals surface area contributed by atoms with Crippen LogP contribution in [0, 0.1) is 0 Å². The lowest BCUT2D eigenvalue weighted by Gasteiger charge is -2.44. The van der Waals surface area contributed by atoms with Crippen LogP contribution in [0.5, 0.6) is 0 Å². The molecule has 0 radical (unpaired) electrons. The fourth-order valence-corrected chi connectivity index (χ4v) is 4.93. The van der Waals surface area contributed by atoms with Gasteiger partial charge in [-0.3, -0.25) is 19.2 Å². The van der Waals surface area contributed by atoms with Gasteiger partial charge in [-0.15, -0.1) is 11.8 Å². The van der Waals surface area contributed by atoms with E-state index in [1.807, 2.05) is 0 Å². The Hall–Kier alpha value is -2.10. The number of esters is 4. The Balaban J connectivity index is 3.14. The highest BCUT2D eigenvalue weighted by Crippen LogP contribution is 2.40. The van der Waals surface area contributed by atoms with Crippen LogP contribution in [0.1, 0.15) is 59.8 Å². The predicted molar refractivity (Wildman–Crippen MR) is 108 cm³/mol. The van der Waals surface area contributed by atoms with Crippen LogP contribution >= 0.6 is 11.8 Å². The van der Waals surface area contributed by atoms with Crippen molar-refractivity contribution < 1.29 is 42.9 Å². The largest absolute Gasteiger partial charge is 0.465 e. The van der Waals surface area contributed by atoms with E-state index in [1.54, 1.807) is 0 Å². The summed E-state index contributed by atoms with van der Waals surface area (Å²) in [5.74, 6) is -2.26. The van der Waals surface area contributed by atoms with Crippen molar-refractivity contribution in [1.29, 1.82) is 0 Å². The molecule has 1 aliphatic heterocycles. The van der Waals surface area contributed by atoms with Gasteiger partial charge in [-0.05, 0) is 12.8 Å². The zero-order valence-corrected chi connectivity index (χ0v) is 18.6. The Morgan fingerprint density at radius 3 is 1.77 bits per heavy atom. The second kappa shape index (κ2) is 13.3. The number of carbonyl (C=O) groups is 5. The number of hydrogen-bond donors (Lipinski definition) is 0. The molecule has 0 aromatic rings. The highest BCUT2D eigenvalue weighted by molar-refractivity contribution is 8.00. The first-order valence-electron chi connectivity index (χ1n) is 9.89. The van der Waals surface area contributed by atoms with Crippen molar-refractivity contribution in [2.24, 2.45) is 0 Å². The zero-order valence-electron chi connectivity index (χ0n) is 17.8. The first-order chi connectivity index (χ1) is 14.1. The summed E-state index contributed by atoms with van der Waals surface area (Å²) in [4.78, 5) is 57.0. The van der Waals surface area contributed by atoms with E-state index in [0.717, 1.165) is 25.5 Å². The van der Waals surface area contributed by atoms with Gasteiger partial charge < -0.3 is 23.7 Å². The molecule has 0 saturated carbocycles. The van der Waals surface area contributed by atoms with E-state index in [-0.39, 0.29) is 11.9 Å². The first kappa shape index (κ1) is 25.9. The van der Waals surface area contributed by atoms with Crippen molar-refractivity contribution >= 4 is 41.9 Å². The number of hydrogen-bond acceptors (Lipinski definition) is 10. The molecule has 10 heteroatoms. The van der Waals surface area contributed by atoms with Crippen LogP contribution in [0.2, 0.25) is 0 Å². The number of rotatable bonds is 11. The third-order valence-electron chi connectivity index (χ3n) is 4.40. The molecule has 0 bridgehead atoms. The lowest BCUT2D eigenvalue weighted by atomic mass is 9.97. The molecule has 0 N–H and O–H groups in total. The third-order valence-corrected chi connectivity index (χ3v) is 6.01. The van der Waals surface area contributed by atoms with Gasteiger partial charge >= 0.3 is 23.9 Å². The molecule has 0 spiro atoms. The Labute approximate surface area is 180 Å². The molecule has 1 rings (SSSR count).